The van der Waals surface area contributed by atoms with Crippen molar-refractivity contribution in [3.8, 4) is 0 Å². The Kier molecular flexibility index (Phi) is 4.72. The molecule has 2 unspecified atom stereocenters. The van der Waals surface area contributed by atoms with Gasteiger partial charge in [0.2, 0.25) is 0 Å². The zero-order valence-corrected chi connectivity index (χ0v) is 13.6. The highest BCUT2D eigenvalue weighted by Gasteiger charge is 2.27. The lowest BCUT2D eigenvalue weighted by molar-refractivity contribution is 0.254. The van der Waals surface area contributed by atoms with Gasteiger partial charge < -0.3 is 10.2 Å². The lowest BCUT2D eigenvalue weighted by Gasteiger charge is -2.35. The van der Waals surface area contributed by atoms with Crippen molar-refractivity contribution in [1.82, 2.24) is 0 Å². The van der Waals surface area contributed by atoms with Gasteiger partial charge in [-0.25, -0.2) is 0 Å². The van der Waals surface area contributed by atoms with Crippen LogP contribution in [0.15, 0.2) is 24.3 Å². The highest BCUT2D eigenvalue weighted by molar-refractivity contribution is 5.55. The van der Waals surface area contributed by atoms with E-state index in [1.807, 2.05) is 0 Å². The molecule has 2 nitrogen and oxygen atoms in total. The number of rotatable bonds is 4. The summed E-state index contributed by atoms with van der Waals surface area (Å²) in [5.74, 6) is 1.61. The van der Waals surface area contributed by atoms with Crippen molar-refractivity contribution >= 4 is 11.4 Å². The van der Waals surface area contributed by atoms with Gasteiger partial charge in [-0.3, -0.25) is 0 Å². The minimum absolute atomic E-state index is 0.663. The Hall–Kier alpha value is -1.18. The predicted octanol–water partition coefficient (Wildman–Crippen LogP) is 4.91. The summed E-state index contributed by atoms with van der Waals surface area (Å²) in [4.78, 5) is 2.50. The van der Waals surface area contributed by atoms with Gasteiger partial charge >= 0.3 is 0 Å². The van der Waals surface area contributed by atoms with E-state index in [0.717, 1.165) is 11.8 Å². The number of nitrogens with one attached hydrogen (secondary N) is 1. The minimum atomic E-state index is 0.663. The Morgan fingerprint density at radius 2 is 1.62 bits per heavy atom. The molecule has 2 fully saturated rings. The number of hydrogen-bond acceptors (Lipinski definition) is 2. The Morgan fingerprint density at radius 3 is 2.29 bits per heavy atom. The Labute approximate surface area is 129 Å². The molecular weight excluding hydrogens is 256 g/mol. The summed E-state index contributed by atoms with van der Waals surface area (Å²) in [6.45, 7) is 7.21. The lowest BCUT2D eigenvalue weighted by Crippen LogP contribution is -2.35. The maximum atomic E-state index is 3.81. The van der Waals surface area contributed by atoms with Crippen molar-refractivity contribution in [2.75, 3.05) is 23.3 Å². The van der Waals surface area contributed by atoms with Gasteiger partial charge in [0.1, 0.15) is 0 Å². The Bertz CT molecular complexity index is 431. The van der Waals surface area contributed by atoms with Crippen LogP contribution in [-0.2, 0) is 0 Å². The summed E-state index contributed by atoms with van der Waals surface area (Å²) >= 11 is 0. The van der Waals surface area contributed by atoms with Gasteiger partial charge in [-0.2, -0.15) is 0 Å². The fourth-order valence-electron chi connectivity index (χ4n) is 4.09. The summed E-state index contributed by atoms with van der Waals surface area (Å²) in [6, 6.07) is 9.80. The zero-order chi connectivity index (χ0) is 14.7. The van der Waals surface area contributed by atoms with Crippen LogP contribution in [-0.4, -0.2) is 19.1 Å². The molecule has 1 aliphatic heterocycles. The molecule has 2 atom stereocenters. The Balaban J connectivity index is 1.63. The summed E-state index contributed by atoms with van der Waals surface area (Å²) in [5.41, 5.74) is 2.69. The third-order valence-corrected chi connectivity index (χ3v) is 5.37. The van der Waals surface area contributed by atoms with Crippen LogP contribution in [0.25, 0.3) is 0 Å². The van der Waals surface area contributed by atoms with E-state index < -0.39 is 0 Å². The van der Waals surface area contributed by atoms with E-state index in [0.29, 0.717) is 6.04 Å². The average Bonchev–Trinajstić information content (AvgIpc) is 3.03. The minimum Gasteiger partial charge on any atom is -0.382 e. The molecule has 2 heteroatoms. The molecule has 0 amide bonds. The van der Waals surface area contributed by atoms with Crippen LogP contribution in [0.3, 0.4) is 0 Å². The number of nitrogens with zero attached hydrogens (tertiary/aromatic N) is 1. The van der Waals surface area contributed by atoms with Gasteiger partial charge in [0.05, 0.1) is 0 Å². The van der Waals surface area contributed by atoms with E-state index in [2.05, 4.69) is 48.3 Å². The highest BCUT2D eigenvalue weighted by atomic mass is 15.1. The van der Waals surface area contributed by atoms with Gasteiger partial charge in [-0.1, -0.05) is 26.7 Å². The molecule has 0 aromatic heterocycles. The molecule has 1 aromatic carbocycles. The molecule has 1 N–H and O–H groups in total. The molecule has 2 aliphatic rings. The fourth-order valence-corrected chi connectivity index (χ4v) is 4.09. The smallest absolute Gasteiger partial charge is 0.0367 e. The molecule has 116 valence electrons. The van der Waals surface area contributed by atoms with E-state index in [-0.39, 0.29) is 0 Å². The van der Waals surface area contributed by atoms with Crippen molar-refractivity contribution < 1.29 is 0 Å². The van der Waals surface area contributed by atoms with Crippen LogP contribution in [0, 0.1) is 11.8 Å². The van der Waals surface area contributed by atoms with Crippen molar-refractivity contribution in [1.29, 1.82) is 0 Å². The SMILES string of the molecule is CC(C)C1CCCCC1Nc1ccc(N2CCCC2)cc1. The molecule has 1 aliphatic carbocycles. The van der Waals surface area contributed by atoms with Crippen molar-refractivity contribution in [2.24, 2.45) is 11.8 Å². The second-order valence-corrected chi connectivity index (χ2v) is 7.18. The van der Waals surface area contributed by atoms with E-state index in [9.17, 15) is 0 Å². The third kappa shape index (κ3) is 3.53. The first-order chi connectivity index (χ1) is 10.2. The largest absolute Gasteiger partial charge is 0.382 e. The standard InChI is InChI=1S/C19H30N2/c1-15(2)18-7-3-4-8-19(18)20-16-9-11-17(12-10-16)21-13-5-6-14-21/h9-12,15,18-20H,3-8,13-14H2,1-2H3. The molecule has 1 heterocycles. The quantitative estimate of drug-likeness (QED) is 0.845. The summed E-state index contributed by atoms with van der Waals surface area (Å²) in [7, 11) is 0. The van der Waals surface area contributed by atoms with E-state index >= 15 is 0 Å². The van der Waals surface area contributed by atoms with Crippen molar-refractivity contribution in [3.05, 3.63) is 24.3 Å². The van der Waals surface area contributed by atoms with Crippen LogP contribution in [0.4, 0.5) is 11.4 Å². The monoisotopic (exact) mass is 286 g/mol. The molecule has 0 radical (unpaired) electrons. The topological polar surface area (TPSA) is 15.3 Å². The summed E-state index contributed by atoms with van der Waals surface area (Å²) in [5, 5.41) is 3.81. The van der Waals surface area contributed by atoms with Crippen LogP contribution < -0.4 is 10.2 Å². The average molecular weight is 286 g/mol. The third-order valence-electron chi connectivity index (χ3n) is 5.37. The zero-order valence-electron chi connectivity index (χ0n) is 13.6. The van der Waals surface area contributed by atoms with E-state index in [1.54, 1.807) is 0 Å². The molecule has 0 spiro atoms. The lowest BCUT2D eigenvalue weighted by atomic mass is 9.78. The fraction of sp³-hybridized carbons (Fsp3) is 0.684. The second kappa shape index (κ2) is 6.72. The van der Waals surface area contributed by atoms with Crippen LogP contribution in [0.2, 0.25) is 0 Å². The van der Waals surface area contributed by atoms with Crippen molar-refractivity contribution in [3.63, 3.8) is 0 Å². The number of hydrogen-bond donors (Lipinski definition) is 1. The molecule has 3 rings (SSSR count). The molecule has 0 bridgehead atoms. The Morgan fingerprint density at radius 1 is 0.952 bits per heavy atom. The molecule has 1 aromatic rings. The second-order valence-electron chi connectivity index (χ2n) is 7.18. The van der Waals surface area contributed by atoms with Gasteiger partial charge in [0, 0.05) is 30.5 Å². The molecule has 1 saturated heterocycles. The maximum Gasteiger partial charge on any atom is 0.0367 e. The predicted molar refractivity (Wildman–Crippen MR) is 92.1 cm³/mol. The first-order valence-electron chi connectivity index (χ1n) is 8.85. The van der Waals surface area contributed by atoms with E-state index in [1.165, 1.54) is 63.0 Å². The van der Waals surface area contributed by atoms with Gasteiger partial charge in [-0.15, -0.1) is 0 Å². The van der Waals surface area contributed by atoms with Gasteiger partial charge in [-0.05, 0) is 61.8 Å². The van der Waals surface area contributed by atoms with Gasteiger partial charge in [0.15, 0.2) is 0 Å². The van der Waals surface area contributed by atoms with Crippen LogP contribution >= 0.6 is 0 Å². The van der Waals surface area contributed by atoms with Crippen LogP contribution in [0.1, 0.15) is 52.4 Å². The normalized spacial score (nSPS) is 26.3. The molecular formula is C19H30N2. The molecule has 21 heavy (non-hydrogen) atoms. The van der Waals surface area contributed by atoms with Crippen LogP contribution in [0.5, 0.6) is 0 Å². The highest BCUT2D eigenvalue weighted by Crippen LogP contribution is 2.32. The number of benzene rings is 1. The van der Waals surface area contributed by atoms with Gasteiger partial charge in [0.25, 0.3) is 0 Å². The van der Waals surface area contributed by atoms with Crippen molar-refractivity contribution in [2.45, 2.75) is 58.4 Å². The molecule has 1 saturated carbocycles. The summed E-state index contributed by atoms with van der Waals surface area (Å²) in [6.07, 6.45) is 8.20. The number of anilines is 2. The maximum absolute atomic E-state index is 3.81. The van der Waals surface area contributed by atoms with E-state index in [4.69, 9.17) is 0 Å². The first kappa shape index (κ1) is 14.7. The summed E-state index contributed by atoms with van der Waals surface area (Å²) < 4.78 is 0. The first-order valence-corrected chi connectivity index (χ1v) is 8.85.